The third-order valence-electron chi connectivity index (χ3n) is 4.90. The molecule has 1 aliphatic carbocycles. The number of nitrogens with one attached hydrogen (secondary N) is 1. The van der Waals surface area contributed by atoms with E-state index in [-0.39, 0.29) is 41.0 Å². The number of carbonyl (C=O) groups is 1. The largest absolute Gasteiger partial charge is 0.508 e. The van der Waals surface area contributed by atoms with Gasteiger partial charge in [-0.2, -0.15) is 0 Å². The lowest BCUT2D eigenvalue weighted by atomic mass is 10.0. The zero-order valence-electron chi connectivity index (χ0n) is 14.3. The molecule has 134 valence electrons. The summed E-state index contributed by atoms with van der Waals surface area (Å²) in [5.74, 6) is -0.576. The molecule has 6 heteroatoms. The standard InChI is InChI=1S/C19H23NO5/c1-11-14(10-17(23)20-12-6-4-2-3-5-7-12)19(24)25-16-9-13(21)8-15(22)18(11)16/h8-9,12,21-22H,2-7,10H2,1H3,(H,20,23). The van der Waals surface area contributed by atoms with Gasteiger partial charge in [0, 0.05) is 18.2 Å². The maximum atomic E-state index is 12.4. The lowest BCUT2D eigenvalue weighted by Gasteiger charge is -2.16. The molecule has 3 N–H and O–H groups in total. The van der Waals surface area contributed by atoms with Crippen molar-refractivity contribution in [2.24, 2.45) is 0 Å². The van der Waals surface area contributed by atoms with Crippen LogP contribution in [0.3, 0.4) is 0 Å². The van der Waals surface area contributed by atoms with E-state index in [0.717, 1.165) is 25.7 Å². The zero-order chi connectivity index (χ0) is 18.0. The monoisotopic (exact) mass is 345 g/mol. The number of benzene rings is 1. The minimum Gasteiger partial charge on any atom is -0.508 e. The van der Waals surface area contributed by atoms with Gasteiger partial charge in [0.1, 0.15) is 17.1 Å². The third-order valence-corrected chi connectivity index (χ3v) is 4.90. The maximum absolute atomic E-state index is 12.4. The Morgan fingerprint density at radius 2 is 1.88 bits per heavy atom. The van der Waals surface area contributed by atoms with E-state index in [0.29, 0.717) is 10.9 Å². The van der Waals surface area contributed by atoms with Crippen molar-refractivity contribution in [3.8, 4) is 11.5 Å². The first-order valence-electron chi connectivity index (χ1n) is 8.73. The Kier molecular flexibility index (Phi) is 4.97. The van der Waals surface area contributed by atoms with Crippen LogP contribution in [-0.4, -0.2) is 22.2 Å². The van der Waals surface area contributed by atoms with Gasteiger partial charge in [0.15, 0.2) is 0 Å². The number of phenolic OH excluding ortho intramolecular Hbond substituents is 2. The van der Waals surface area contributed by atoms with E-state index >= 15 is 0 Å². The molecule has 1 saturated carbocycles. The summed E-state index contributed by atoms with van der Waals surface area (Å²) in [7, 11) is 0. The van der Waals surface area contributed by atoms with Gasteiger partial charge >= 0.3 is 5.63 Å². The second-order valence-corrected chi connectivity index (χ2v) is 6.76. The molecule has 0 saturated heterocycles. The summed E-state index contributed by atoms with van der Waals surface area (Å²) in [5.41, 5.74) is 0.221. The predicted molar refractivity (Wildman–Crippen MR) is 93.9 cm³/mol. The van der Waals surface area contributed by atoms with E-state index in [4.69, 9.17) is 4.42 Å². The first-order chi connectivity index (χ1) is 12.0. The second-order valence-electron chi connectivity index (χ2n) is 6.76. The number of carbonyl (C=O) groups excluding carboxylic acids is 1. The minimum atomic E-state index is -0.619. The normalized spacial score (nSPS) is 15.9. The van der Waals surface area contributed by atoms with Gasteiger partial charge in [-0.05, 0) is 25.3 Å². The van der Waals surface area contributed by atoms with Crippen LogP contribution in [0.15, 0.2) is 21.3 Å². The van der Waals surface area contributed by atoms with Crippen molar-refractivity contribution in [2.45, 2.75) is 57.9 Å². The molecule has 0 atom stereocenters. The van der Waals surface area contributed by atoms with E-state index in [9.17, 15) is 19.8 Å². The number of phenols is 2. The van der Waals surface area contributed by atoms with Gasteiger partial charge in [-0.1, -0.05) is 25.7 Å². The Hall–Kier alpha value is -2.50. The highest BCUT2D eigenvalue weighted by Crippen LogP contribution is 2.32. The van der Waals surface area contributed by atoms with Gasteiger partial charge in [-0.15, -0.1) is 0 Å². The van der Waals surface area contributed by atoms with Crippen LogP contribution in [0, 0.1) is 6.92 Å². The molecule has 6 nitrogen and oxygen atoms in total. The Balaban J connectivity index is 1.85. The topological polar surface area (TPSA) is 99.8 Å². The number of amides is 1. The van der Waals surface area contributed by atoms with Gasteiger partial charge in [0.25, 0.3) is 0 Å². The van der Waals surface area contributed by atoms with Crippen LogP contribution in [0.25, 0.3) is 11.0 Å². The first kappa shape index (κ1) is 17.3. The van der Waals surface area contributed by atoms with Crippen molar-refractivity contribution in [2.75, 3.05) is 0 Å². The summed E-state index contributed by atoms with van der Waals surface area (Å²) in [6.07, 6.45) is 6.48. The molecule has 0 radical (unpaired) electrons. The van der Waals surface area contributed by atoms with Gasteiger partial charge in [-0.3, -0.25) is 4.79 Å². The summed E-state index contributed by atoms with van der Waals surface area (Å²) in [6, 6.07) is 2.62. The fraction of sp³-hybridized carbons (Fsp3) is 0.474. The van der Waals surface area contributed by atoms with Crippen molar-refractivity contribution in [3.05, 3.63) is 33.7 Å². The molecule has 1 aromatic heterocycles. The van der Waals surface area contributed by atoms with Gasteiger partial charge in [0.05, 0.1) is 17.4 Å². The number of fused-ring (bicyclic) bond motifs is 1. The number of hydrogen-bond donors (Lipinski definition) is 3. The van der Waals surface area contributed by atoms with E-state index in [1.54, 1.807) is 6.92 Å². The Morgan fingerprint density at radius 3 is 2.56 bits per heavy atom. The number of aromatic hydroxyl groups is 2. The zero-order valence-corrected chi connectivity index (χ0v) is 14.3. The molecule has 25 heavy (non-hydrogen) atoms. The number of hydrogen-bond acceptors (Lipinski definition) is 5. The lowest BCUT2D eigenvalue weighted by molar-refractivity contribution is -0.121. The summed E-state index contributed by atoms with van der Waals surface area (Å²) < 4.78 is 5.19. The average molecular weight is 345 g/mol. The highest BCUT2D eigenvalue weighted by atomic mass is 16.4. The second kappa shape index (κ2) is 7.17. The highest BCUT2D eigenvalue weighted by Gasteiger charge is 2.20. The van der Waals surface area contributed by atoms with Crippen LogP contribution in [-0.2, 0) is 11.2 Å². The summed E-state index contributed by atoms with van der Waals surface area (Å²) in [4.78, 5) is 24.6. The van der Waals surface area contributed by atoms with Crippen molar-refractivity contribution in [3.63, 3.8) is 0 Å². The molecule has 1 aliphatic rings. The van der Waals surface area contributed by atoms with Crippen molar-refractivity contribution in [1.82, 2.24) is 5.32 Å². The molecule has 2 aromatic rings. The van der Waals surface area contributed by atoms with Crippen LogP contribution in [0.1, 0.15) is 49.7 Å². The molecule has 0 spiro atoms. The van der Waals surface area contributed by atoms with Crippen LogP contribution in [0.5, 0.6) is 11.5 Å². The number of rotatable bonds is 3. The lowest BCUT2D eigenvalue weighted by Crippen LogP contribution is -2.36. The third kappa shape index (κ3) is 3.78. The van der Waals surface area contributed by atoms with E-state index in [2.05, 4.69) is 5.32 Å². The van der Waals surface area contributed by atoms with Gasteiger partial charge in [-0.25, -0.2) is 4.79 Å². The minimum absolute atomic E-state index is 0.0824. The maximum Gasteiger partial charge on any atom is 0.340 e. The van der Waals surface area contributed by atoms with Crippen LogP contribution >= 0.6 is 0 Å². The molecule has 1 amide bonds. The molecule has 3 rings (SSSR count). The molecule has 0 bridgehead atoms. The average Bonchev–Trinajstić information content (AvgIpc) is 2.79. The molecule has 0 unspecified atom stereocenters. The molecule has 1 heterocycles. The summed E-state index contributed by atoms with van der Waals surface area (Å²) in [5, 5.41) is 22.9. The Labute approximate surface area is 145 Å². The fourth-order valence-corrected chi connectivity index (χ4v) is 3.58. The quantitative estimate of drug-likeness (QED) is 0.587. The fourth-order valence-electron chi connectivity index (χ4n) is 3.58. The van der Waals surface area contributed by atoms with Crippen LogP contribution in [0.4, 0.5) is 0 Å². The predicted octanol–water partition coefficient (Wildman–Crippen LogP) is 2.89. The highest BCUT2D eigenvalue weighted by molar-refractivity contribution is 5.90. The summed E-state index contributed by atoms with van der Waals surface area (Å²) >= 11 is 0. The molecule has 1 fully saturated rings. The summed E-state index contributed by atoms with van der Waals surface area (Å²) in [6.45, 7) is 1.67. The van der Waals surface area contributed by atoms with Crippen molar-refractivity contribution in [1.29, 1.82) is 0 Å². The molecular formula is C19H23NO5. The molecular weight excluding hydrogens is 322 g/mol. The van der Waals surface area contributed by atoms with Crippen molar-refractivity contribution < 1.29 is 19.4 Å². The van der Waals surface area contributed by atoms with E-state index in [1.807, 2.05) is 0 Å². The first-order valence-corrected chi connectivity index (χ1v) is 8.73. The van der Waals surface area contributed by atoms with Crippen molar-refractivity contribution >= 4 is 16.9 Å². The van der Waals surface area contributed by atoms with Crippen LogP contribution in [0.2, 0.25) is 0 Å². The SMILES string of the molecule is Cc1c(CC(=O)NC2CCCCCC2)c(=O)oc2cc(O)cc(O)c12. The van der Waals surface area contributed by atoms with E-state index in [1.165, 1.54) is 25.0 Å². The smallest absolute Gasteiger partial charge is 0.340 e. The Morgan fingerprint density at radius 1 is 1.20 bits per heavy atom. The molecule has 1 aromatic carbocycles. The van der Waals surface area contributed by atoms with Crippen LogP contribution < -0.4 is 10.9 Å². The number of aryl methyl sites for hydroxylation is 1. The Bertz CT molecular complexity index is 847. The van der Waals surface area contributed by atoms with Gasteiger partial charge < -0.3 is 19.9 Å². The van der Waals surface area contributed by atoms with E-state index < -0.39 is 5.63 Å². The van der Waals surface area contributed by atoms with Gasteiger partial charge in [0.2, 0.25) is 5.91 Å². The molecule has 0 aliphatic heterocycles.